The molecule has 108 valence electrons. The second-order valence-electron chi connectivity index (χ2n) is 5.07. The van der Waals surface area contributed by atoms with Gasteiger partial charge >= 0.3 is 0 Å². The molecule has 2 rings (SSSR count). The fourth-order valence-corrected chi connectivity index (χ4v) is 2.20. The molecule has 0 aromatic heterocycles. The van der Waals surface area contributed by atoms with Crippen molar-refractivity contribution in [3.63, 3.8) is 0 Å². The van der Waals surface area contributed by atoms with Gasteiger partial charge in [-0.2, -0.15) is 0 Å². The van der Waals surface area contributed by atoms with Crippen molar-refractivity contribution in [1.29, 1.82) is 0 Å². The quantitative estimate of drug-likeness (QED) is 0.793. The monoisotopic (exact) mass is 275 g/mol. The Hall–Kier alpha value is -1.81. The molecular weight excluding hydrogens is 254 g/mol. The van der Waals surface area contributed by atoms with Crippen LogP contribution in [0.5, 0.6) is 5.75 Å². The van der Waals surface area contributed by atoms with Crippen molar-refractivity contribution in [2.75, 3.05) is 19.8 Å². The zero-order chi connectivity index (χ0) is 14.5. The van der Waals surface area contributed by atoms with Gasteiger partial charge in [-0.15, -0.1) is 0 Å². The van der Waals surface area contributed by atoms with Crippen LogP contribution in [-0.2, 0) is 4.74 Å². The molecule has 1 saturated heterocycles. The Labute approximate surface area is 120 Å². The van der Waals surface area contributed by atoms with Gasteiger partial charge in [-0.05, 0) is 38.1 Å². The minimum atomic E-state index is 0.0444. The number of benzene rings is 1. The van der Waals surface area contributed by atoms with Gasteiger partial charge in [0.1, 0.15) is 12.4 Å². The highest BCUT2D eigenvalue weighted by Gasteiger charge is 2.28. The first-order chi connectivity index (χ1) is 9.61. The highest BCUT2D eigenvalue weighted by molar-refractivity contribution is 5.94. The molecule has 1 amide bonds. The fraction of sp³-hybridized carbons (Fsp3) is 0.438. The molecule has 0 bridgehead atoms. The predicted octanol–water partition coefficient (Wildman–Crippen LogP) is 2.50. The summed E-state index contributed by atoms with van der Waals surface area (Å²) in [6, 6.07) is 7.33. The largest absolute Gasteiger partial charge is 0.490 e. The van der Waals surface area contributed by atoms with Gasteiger partial charge < -0.3 is 14.4 Å². The molecule has 4 nitrogen and oxygen atoms in total. The van der Waals surface area contributed by atoms with Crippen LogP contribution in [0.2, 0.25) is 0 Å². The van der Waals surface area contributed by atoms with Gasteiger partial charge in [-0.1, -0.05) is 12.7 Å². The maximum Gasteiger partial charge on any atom is 0.254 e. The summed E-state index contributed by atoms with van der Waals surface area (Å²) in [5.74, 6) is 0.785. The highest BCUT2D eigenvalue weighted by Crippen LogP contribution is 2.18. The van der Waals surface area contributed by atoms with E-state index in [1.165, 1.54) is 0 Å². The molecular formula is C16H21NO3. The standard InChI is InChI=1S/C16H21NO3/c1-4-9-19-15-7-5-14(6-8-15)16(18)17-10-13(3)20-11-12(17)2/h4-8,12-13H,1,9-11H2,2-3H3. The Morgan fingerprint density at radius 2 is 2.15 bits per heavy atom. The van der Waals surface area contributed by atoms with Crippen molar-refractivity contribution in [3.8, 4) is 5.75 Å². The molecule has 2 atom stereocenters. The first-order valence-corrected chi connectivity index (χ1v) is 6.88. The van der Waals surface area contributed by atoms with Crippen LogP contribution in [0.15, 0.2) is 36.9 Å². The number of hydrogen-bond donors (Lipinski definition) is 0. The first kappa shape index (κ1) is 14.6. The SMILES string of the molecule is C=CCOc1ccc(C(=O)N2CC(C)OCC2C)cc1. The van der Waals surface area contributed by atoms with Crippen molar-refractivity contribution >= 4 is 5.91 Å². The number of amides is 1. The van der Waals surface area contributed by atoms with Crippen LogP contribution < -0.4 is 4.74 Å². The van der Waals surface area contributed by atoms with E-state index in [0.29, 0.717) is 25.3 Å². The number of carbonyl (C=O) groups is 1. The third kappa shape index (κ3) is 3.39. The molecule has 4 heteroatoms. The minimum Gasteiger partial charge on any atom is -0.490 e. The summed E-state index contributed by atoms with van der Waals surface area (Å²) in [5.41, 5.74) is 0.678. The van der Waals surface area contributed by atoms with E-state index < -0.39 is 0 Å². The lowest BCUT2D eigenvalue weighted by Gasteiger charge is -2.36. The van der Waals surface area contributed by atoms with Gasteiger partial charge in [0.25, 0.3) is 5.91 Å². The molecule has 0 radical (unpaired) electrons. The Balaban J connectivity index is 2.06. The molecule has 1 aliphatic heterocycles. The summed E-state index contributed by atoms with van der Waals surface area (Å²) >= 11 is 0. The van der Waals surface area contributed by atoms with E-state index in [1.807, 2.05) is 30.9 Å². The topological polar surface area (TPSA) is 38.8 Å². The van der Waals surface area contributed by atoms with Crippen molar-refractivity contribution in [2.45, 2.75) is 26.0 Å². The maximum atomic E-state index is 12.5. The van der Waals surface area contributed by atoms with E-state index in [1.54, 1.807) is 18.2 Å². The van der Waals surface area contributed by atoms with E-state index >= 15 is 0 Å². The van der Waals surface area contributed by atoms with Gasteiger partial charge in [0.15, 0.2) is 0 Å². The molecule has 2 unspecified atom stereocenters. The number of morpholine rings is 1. The third-order valence-electron chi connectivity index (χ3n) is 3.34. The maximum absolute atomic E-state index is 12.5. The summed E-state index contributed by atoms with van der Waals surface area (Å²) in [4.78, 5) is 14.4. The van der Waals surface area contributed by atoms with E-state index in [9.17, 15) is 4.79 Å². The average Bonchev–Trinajstić information content (AvgIpc) is 2.47. The summed E-state index contributed by atoms with van der Waals surface area (Å²) < 4.78 is 11.0. The van der Waals surface area contributed by atoms with Crippen molar-refractivity contribution in [2.24, 2.45) is 0 Å². The van der Waals surface area contributed by atoms with Gasteiger partial charge in [0.2, 0.25) is 0 Å². The van der Waals surface area contributed by atoms with Crippen LogP contribution in [-0.4, -0.2) is 42.7 Å². The normalized spacial score (nSPS) is 22.4. The lowest BCUT2D eigenvalue weighted by molar-refractivity contribution is -0.0387. The second kappa shape index (κ2) is 6.57. The Morgan fingerprint density at radius 3 is 2.80 bits per heavy atom. The molecule has 0 saturated carbocycles. The zero-order valence-electron chi connectivity index (χ0n) is 12.0. The summed E-state index contributed by atoms with van der Waals surface area (Å²) in [7, 11) is 0. The Bertz CT molecular complexity index is 469. The van der Waals surface area contributed by atoms with E-state index in [-0.39, 0.29) is 18.1 Å². The molecule has 1 heterocycles. The number of nitrogens with zero attached hydrogens (tertiary/aromatic N) is 1. The van der Waals surface area contributed by atoms with Crippen LogP contribution in [0.4, 0.5) is 0 Å². The van der Waals surface area contributed by atoms with E-state index in [0.717, 1.165) is 5.75 Å². The predicted molar refractivity (Wildman–Crippen MR) is 78.0 cm³/mol. The molecule has 0 spiro atoms. The molecule has 20 heavy (non-hydrogen) atoms. The highest BCUT2D eigenvalue weighted by atomic mass is 16.5. The van der Waals surface area contributed by atoms with Crippen molar-refractivity contribution in [3.05, 3.63) is 42.5 Å². The van der Waals surface area contributed by atoms with E-state index in [4.69, 9.17) is 9.47 Å². The molecule has 1 aromatic rings. The van der Waals surface area contributed by atoms with Crippen LogP contribution >= 0.6 is 0 Å². The molecule has 0 N–H and O–H groups in total. The Morgan fingerprint density at radius 1 is 1.45 bits per heavy atom. The molecule has 0 aliphatic carbocycles. The molecule has 1 aliphatic rings. The smallest absolute Gasteiger partial charge is 0.254 e. The lowest BCUT2D eigenvalue weighted by atomic mass is 10.1. The first-order valence-electron chi connectivity index (χ1n) is 6.88. The number of rotatable bonds is 4. The summed E-state index contributed by atoms with van der Waals surface area (Å²) in [6.45, 7) is 9.28. The van der Waals surface area contributed by atoms with Gasteiger partial charge in [-0.3, -0.25) is 4.79 Å². The number of carbonyl (C=O) groups excluding carboxylic acids is 1. The van der Waals surface area contributed by atoms with Gasteiger partial charge in [0, 0.05) is 12.1 Å². The van der Waals surface area contributed by atoms with Crippen molar-refractivity contribution in [1.82, 2.24) is 4.90 Å². The fourth-order valence-electron chi connectivity index (χ4n) is 2.20. The van der Waals surface area contributed by atoms with E-state index in [2.05, 4.69) is 6.58 Å². The lowest BCUT2D eigenvalue weighted by Crippen LogP contribution is -2.50. The zero-order valence-corrected chi connectivity index (χ0v) is 12.0. The Kier molecular flexibility index (Phi) is 4.79. The minimum absolute atomic E-state index is 0.0444. The second-order valence-corrected chi connectivity index (χ2v) is 5.07. The number of hydrogen-bond acceptors (Lipinski definition) is 3. The molecule has 1 aromatic carbocycles. The van der Waals surface area contributed by atoms with Gasteiger partial charge in [0.05, 0.1) is 18.8 Å². The third-order valence-corrected chi connectivity index (χ3v) is 3.34. The summed E-state index contributed by atoms with van der Waals surface area (Å²) in [5, 5.41) is 0. The number of ether oxygens (including phenoxy) is 2. The van der Waals surface area contributed by atoms with Crippen molar-refractivity contribution < 1.29 is 14.3 Å². The van der Waals surface area contributed by atoms with Crippen LogP contribution in [0.25, 0.3) is 0 Å². The van der Waals surface area contributed by atoms with Gasteiger partial charge in [-0.25, -0.2) is 0 Å². The van der Waals surface area contributed by atoms with Crippen LogP contribution in [0.1, 0.15) is 24.2 Å². The summed E-state index contributed by atoms with van der Waals surface area (Å²) in [6.07, 6.45) is 1.78. The average molecular weight is 275 g/mol. The van der Waals surface area contributed by atoms with Crippen LogP contribution in [0, 0.1) is 0 Å². The molecule has 1 fully saturated rings. The van der Waals surface area contributed by atoms with Crippen LogP contribution in [0.3, 0.4) is 0 Å².